The number of carbonyl (C=O) groups excluding carboxylic acids is 1. The average molecular weight is 384 g/mol. The van der Waals surface area contributed by atoms with E-state index >= 15 is 0 Å². The monoisotopic (exact) mass is 384 g/mol. The van der Waals surface area contributed by atoms with Crippen LogP contribution in [0.5, 0.6) is 5.75 Å². The van der Waals surface area contributed by atoms with Gasteiger partial charge in [-0.1, -0.05) is 30.3 Å². The van der Waals surface area contributed by atoms with Crippen LogP contribution in [-0.4, -0.2) is 19.7 Å². The number of carbonyl (C=O) groups is 1. The van der Waals surface area contributed by atoms with Crippen LogP contribution in [0.3, 0.4) is 0 Å². The van der Waals surface area contributed by atoms with Crippen molar-refractivity contribution in [1.29, 1.82) is 0 Å². The molecule has 0 saturated carbocycles. The van der Waals surface area contributed by atoms with E-state index in [4.69, 9.17) is 0 Å². The molecule has 4 nitrogen and oxygen atoms in total. The zero-order valence-electron chi connectivity index (χ0n) is 13.5. The standard InChI is InChI=1S/C18H15F3O4S/c19-18(20,21)26(23,24)25-15-8-9-16-13(11-15)6-7-14(17(16)22)10-12-4-2-1-3-5-12/h1-5,8-9,11,14H,6-7,10H2. The summed E-state index contributed by atoms with van der Waals surface area (Å²) in [6, 6.07) is 13.1. The predicted octanol–water partition coefficient (Wildman–Crippen LogP) is 3.90. The Morgan fingerprint density at radius 3 is 2.42 bits per heavy atom. The third-order valence-corrected chi connectivity index (χ3v) is 5.27. The number of ketones is 1. The van der Waals surface area contributed by atoms with Crippen LogP contribution in [0.4, 0.5) is 13.2 Å². The molecule has 0 radical (unpaired) electrons. The van der Waals surface area contributed by atoms with Gasteiger partial charge in [-0.2, -0.15) is 21.6 Å². The Bertz CT molecular complexity index is 921. The number of fused-ring (bicyclic) bond motifs is 1. The van der Waals surface area contributed by atoms with Crippen LogP contribution < -0.4 is 4.18 Å². The van der Waals surface area contributed by atoms with Crippen molar-refractivity contribution in [2.45, 2.75) is 24.8 Å². The van der Waals surface area contributed by atoms with Gasteiger partial charge >= 0.3 is 15.6 Å². The molecule has 0 aliphatic heterocycles. The number of hydrogen-bond donors (Lipinski definition) is 0. The molecule has 8 heteroatoms. The summed E-state index contributed by atoms with van der Waals surface area (Å²) in [7, 11) is -5.73. The van der Waals surface area contributed by atoms with Gasteiger partial charge in [-0.15, -0.1) is 0 Å². The Hall–Kier alpha value is -2.35. The number of aryl methyl sites for hydroxylation is 1. The Morgan fingerprint density at radius 1 is 1.08 bits per heavy atom. The summed E-state index contributed by atoms with van der Waals surface area (Å²) in [5, 5.41) is 0. The van der Waals surface area contributed by atoms with Gasteiger partial charge in [-0.25, -0.2) is 0 Å². The molecule has 138 valence electrons. The van der Waals surface area contributed by atoms with Crippen molar-refractivity contribution in [3.05, 3.63) is 65.2 Å². The fourth-order valence-electron chi connectivity index (χ4n) is 3.02. The summed E-state index contributed by atoms with van der Waals surface area (Å²) in [6.07, 6.45) is 1.58. The molecule has 2 aromatic carbocycles. The quantitative estimate of drug-likeness (QED) is 0.593. The minimum Gasteiger partial charge on any atom is -0.376 e. The molecule has 26 heavy (non-hydrogen) atoms. The second-order valence-electron chi connectivity index (χ2n) is 6.09. The summed E-state index contributed by atoms with van der Waals surface area (Å²) in [5.74, 6) is -0.758. The predicted molar refractivity (Wildman–Crippen MR) is 88.3 cm³/mol. The molecule has 0 heterocycles. The molecule has 1 aliphatic carbocycles. The number of alkyl halides is 3. The van der Waals surface area contributed by atoms with Crippen LogP contribution in [0, 0.1) is 5.92 Å². The molecule has 0 aromatic heterocycles. The molecular weight excluding hydrogens is 369 g/mol. The molecule has 0 bridgehead atoms. The Balaban J connectivity index is 1.79. The lowest BCUT2D eigenvalue weighted by Gasteiger charge is -2.24. The number of benzene rings is 2. The van der Waals surface area contributed by atoms with Gasteiger partial charge in [0.05, 0.1) is 0 Å². The number of rotatable bonds is 4. The molecule has 0 N–H and O–H groups in total. The van der Waals surface area contributed by atoms with Crippen LogP contribution in [-0.2, 0) is 23.0 Å². The van der Waals surface area contributed by atoms with Crippen LogP contribution >= 0.6 is 0 Å². The first kappa shape index (κ1) is 18.4. The van der Waals surface area contributed by atoms with E-state index in [1.807, 2.05) is 30.3 Å². The van der Waals surface area contributed by atoms with Crippen molar-refractivity contribution >= 4 is 15.9 Å². The van der Waals surface area contributed by atoms with Gasteiger partial charge in [0.15, 0.2) is 5.78 Å². The highest BCUT2D eigenvalue weighted by Gasteiger charge is 2.48. The maximum absolute atomic E-state index is 12.6. The van der Waals surface area contributed by atoms with Crippen LogP contribution in [0.15, 0.2) is 48.5 Å². The summed E-state index contributed by atoms with van der Waals surface area (Å²) >= 11 is 0. The summed E-state index contributed by atoms with van der Waals surface area (Å²) in [6.45, 7) is 0. The topological polar surface area (TPSA) is 60.4 Å². The second kappa shape index (κ2) is 6.75. The summed E-state index contributed by atoms with van der Waals surface area (Å²) < 4.78 is 63.6. The number of hydrogen-bond acceptors (Lipinski definition) is 4. The lowest BCUT2D eigenvalue weighted by molar-refractivity contribution is -0.0500. The van der Waals surface area contributed by atoms with Crippen molar-refractivity contribution in [2.75, 3.05) is 0 Å². The normalized spacial score (nSPS) is 17.7. The van der Waals surface area contributed by atoms with Crippen molar-refractivity contribution < 1.29 is 30.6 Å². The summed E-state index contributed by atoms with van der Waals surface area (Å²) in [5.41, 5.74) is -3.58. The maximum atomic E-state index is 12.6. The zero-order chi connectivity index (χ0) is 18.9. The van der Waals surface area contributed by atoms with Gasteiger partial charge in [0, 0.05) is 11.5 Å². The van der Waals surface area contributed by atoms with E-state index in [1.165, 1.54) is 12.1 Å². The minimum absolute atomic E-state index is 0.0969. The molecule has 1 unspecified atom stereocenters. The van der Waals surface area contributed by atoms with Crippen molar-refractivity contribution in [3.63, 3.8) is 0 Å². The lowest BCUT2D eigenvalue weighted by Crippen LogP contribution is -2.28. The first-order valence-electron chi connectivity index (χ1n) is 7.89. The van der Waals surface area contributed by atoms with E-state index in [9.17, 15) is 26.4 Å². The Morgan fingerprint density at radius 2 is 1.77 bits per heavy atom. The molecule has 0 saturated heterocycles. The number of halogens is 3. The molecule has 0 fully saturated rings. The van der Waals surface area contributed by atoms with Crippen LogP contribution in [0.1, 0.15) is 27.9 Å². The average Bonchev–Trinajstić information content (AvgIpc) is 2.57. The molecule has 1 atom stereocenters. The van der Waals surface area contributed by atoms with Crippen molar-refractivity contribution in [3.8, 4) is 5.75 Å². The van der Waals surface area contributed by atoms with Crippen LogP contribution in [0.2, 0.25) is 0 Å². The third kappa shape index (κ3) is 3.75. The highest BCUT2D eigenvalue weighted by Crippen LogP contribution is 2.32. The third-order valence-electron chi connectivity index (χ3n) is 4.29. The van der Waals surface area contributed by atoms with Gasteiger partial charge < -0.3 is 4.18 Å². The maximum Gasteiger partial charge on any atom is 0.534 e. The fraction of sp³-hybridized carbons (Fsp3) is 0.278. The first-order chi connectivity index (χ1) is 12.2. The fourth-order valence-corrected chi connectivity index (χ4v) is 3.47. The van der Waals surface area contributed by atoms with Crippen molar-refractivity contribution in [1.82, 2.24) is 0 Å². The highest BCUT2D eigenvalue weighted by molar-refractivity contribution is 7.88. The van der Waals surface area contributed by atoms with E-state index in [2.05, 4.69) is 4.18 Å². The highest BCUT2D eigenvalue weighted by atomic mass is 32.2. The molecule has 1 aliphatic rings. The molecule has 0 amide bonds. The van der Waals surface area contributed by atoms with E-state index in [-0.39, 0.29) is 11.7 Å². The van der Waals surface area contributed by atoms with Gasteiger partial charge in [0.2, 0.25) is 0 Å². The SMILES string of the molecule is O=C1c2ccc(OS(=O)(=O)C(F)(F)F)cc2CCC1Cc1ccccc1. The largest absolute Gasteiger partial charge is 0.534 e. The molecule has 2 aromatic rings. The van der Waals surface area contributed by atoms with E-state index in [0.29, 0.717) is 30.4 Å². The van der Waals surface area contributed by atoms with Crippen LogP contribution in [0.25, 0.3) is 0 Å². The summed E-state index contributed by atoms with van der Waals surface area (Å²) in [4.78, 5) is 12.6. The van der Waals surface area contributed by atoms with E-state index in [1.54, 1.807) is 0 Å². The molecular formula is C18H15F3O4S. The van der Waals surface area contributed by atoms with Gasteiger partial charge in [-0.05, 0) is 48.6 Å². The first-order valence-corrected chi connectivity index (χ1v) is 9.30. The zero-order valence-corrected chi connectivity index (χ0v) is 14.3. The van der Waals surface area contributed by atoms with E-state index < -0.39 is 21.4 Å². The Kier molecular flexibility index (Phi) is 4.79. The molecule has 3 rings (SSSR count). The van der Waals surface area contributed by atoms with Gasteiger partial charge in [0.1, 0.15) is 5.75 Å². The molecule has 0 spiro atoms. The number of Topliss-reactive ketones (excluding diaryl/α,β-unsaturated/α-hetero) is 1. The lowest BCUT2D eigenvalue weighted by atomic mass is 9.80. The second-order valence-corrected chi connectivity index (χ2v) is 7.63. The smallest absolute Gasteiger partial charge is 0.376 e. The van der Waals surface area contributed by atoms with Gasteiger partial charge in [-0.3, -0.25) is 4.79 Å². The van der Waals surface area contributed by atoms with Crippen molar-refractivity contribution in [2.24, 2.45) is 5.92 Å². The minimum atomic E-state index is -5.73. The van der Waals surface area contributed by atoms with E-state index in [0.717, 1.165) is 11.6 Å². The Labute approximate surface area is 148 Å². The van der Waals surface area contributed by atoms with Gasteiger partial charge in [0.25, 0.3) is 0 Å².